The highest BCUT2D eigenvalue weighted by Crippen LogP contribution is 2.30. The molecule has 5 heteroatoms. The molecule has 0 radical (unpaired) electrons. The third kappa shape index (κ3) is 4.04. The summed E-state index contributed by atoms with van der Waals surface area (Å²) in [6.45, 7) is 0.655. The number of para-hydroxylation sites is 1. The second-order valence-electron chi connectivity index (χ2n) is 4.10. The molecule has 108 valence electrons. The van der Waals surface area contributed by atoms with Gasteiger partial charge in [0.15, 0.2) is 11.5 Å². The second-order valence-corrected chi connectivity index (χ2v) is 4.54. The first kappa shape index (κ1) is 15.0. The van der Waals surface area contributed by atoms with Gasteiger partial charge in [-0.15, -0.1) is 0 Å². The van der Waals surface area contributed by atoms with E-state index in [0.717, 1.165) is 0 Å². The van der Waals surface area contributed by atoms with Crippen molar-refractivity contribution in [1.82, 2.24) is 0 Å². The molecule has 0 bridgehead atoms. The molecule has 2 aromatic carbocycles. The average Bonchev–Trinajstić information content (AvgIpc) is 2.53. The number of hydrogen-bond donors (Lipinski definition) is 0. The molecule has 0 N–H and O–H groups in total. The van der Waals surface area contributed by atoms with Crippen LogP contribution in [0.2, 0.25) is 5.02 Å². The molecule has 0 amide bonds. The predicted octanol–water partition coefficient (Wildman–Crippen LogP) is 3.68. The lowest BCUT2D eigenvalue weighted by atomic mass is 10.2. The van der Waals surface area contributed by atoms with Crippen molar-refractivity contribution < 1.29 is 14.2 Å². The molecule has 0 atom stereocenters. The van der Waals surface area contributed by atoms with E-state index < -0.39 is 0 Å². The number of ether oxygens (including phenoxy) is 3. The lowest BCUT2D eigenvalue weighted by molar-refractivity contribution is 0.211. The minimum absolute atomic E-state index is 0.303. The zero-order chi connectivity index (χ0) is 15.1. The van der Waals surface area contributed by atoms with E-state index >= 15 is 0 Å². The quantitative estimate of drug-likeness (QED) is 0.764. The van der Waals surface area contributed by atoms with Crippen molar-refractivity contribution in [2.45, 2.75) is 0 Å². The molecule has 21 heavy (non-hydrogen) atoms. The molecular formula is C16H14ClNO3. The fraction of sp³-hybridized carbons (Fsp3) is 0.188. The molecule has 0 aromatic heterocycles. The van der Waals surface area contributed by atoms with Gasteiger partial charge < -0.3 is 14.2 Å². The Morgan fingerprint density at radius 1 is 1.05 bits per heavy atom. The molecule has 0 saturated heterocycles. The third-order valence-electron chi connectivity index (χ3n) is 2.73. The van der Waals surface area contributed by atoms with Gasteiger partial charge in [-0.05, 0) is 36.4 Å². The van der Waals surface area contributed by atoms with Crippen molar-refractivity contribution in [3.05, 3.63) is 53.1 Å². The molecule has 4 nitrogen and oxygen atoms in total. The number of hydrogen-bond acceptors (Lipinski definition) is 4. The van der Waals surface area contributed by atoms with Crippen LogP contribution < -0.4 is 14.2 Å². The first-order chi connectivity index (χ1) is 10.2. The van der Waals surface area contributed by atoms with Crippen molar-refractivity contribution in [3.63, 3.8) is 0 Å². The van der Waals surface area contributed by atoms with E-state index in [1.807, 2.05) is 0 Å². The molecule has 0 aliphatic carbocycles. The number of methoxy groups -OCH3 is 1. The van der Waals surface area contributed by atoms with Crippen molar-refractivity contribution in [2.24, 2.45) is 0 Å². The standard InChI is InChI=1S/C16H14ClNO3/c1-19-15-4-2-3-12(11-18)16(15)21-10-9-20-14-7-5-13(17)6-8-14/h2-8H,9-10H2,1H3. The maximum atomic E-state index is 9.07. The summed E-state index contributed by atoms with van der Waals surface area (Å²) in [4.78, 5) is 0. The van der Waals surface area contributed by atoms with Gasteiger partial charge in [0.05, 0.1) is 12.7 Å². The normalized spacial score (nSPS) is 9.76. The maximum Gasteiger partial charge on any atom is 0.179 e. The molecule has 0 heterocycles. The Morgan fingerprint density at radius 2 is 1.76 bits per heavy atom. The summed E-state index contributed by atoms with van der Waals surface area (Å²) in [5.74, 6) is 1.67. The highest BCUT2D eigenvalue weighted by molar-refractivity contribution is 6.30. The summed E-state index contributed by atoms with van der Waals surface area (Å²) in [5.41, 5.74) is 0.431. The van der Waals surface area contributed by atoms with Gasteiger partial charge in [-0.2, -0.15) is 5.26 Å². The molecule has 2 rings (SSSR count). The van der Waals surface area contributed by atoms with Gasteiger partial charge in [-0.25, -0.2) is 0 Å². The van der Waals surface area contributed by atoms with Crippen LogP contribution in [0.3, 0.4) is 0 Å². The summed E-state index contributed by atoms with van der Waals surface area (Å²) < 4.78 is 16.3. The van der Waals surface area contributed by atoms with E-state index in [0.29, 0.717) is 41.0 Å². The van der Waals surface area contributed by atoms with Crippen LogP contribution in [0.4, 0.5) is 0 Å². The number of benzene rings is 2. The van der Waals surface area contributed by atoms with Crippen molar-refractivity contribution >= 4 is 11.6 Å². The molecule has 2 aromatic rings. The Hall–Kier alpha value is -2.38. The Kier molecular flexibility index (Phi) is 5.30. The monoisotopic (exact) mass is 303 g/mol. The number of nitrogens with zero attached hydrogens (tertiary/aromatic N) is 1. The maximum absolute atomic E-state index is 9.07. The van der Waals surface area contributed by atoms with Gasteiger partial charge in [0.25, 0.3) is 0 Å². The molecule has 0 spiro atoms. The van der Waals surface area contributed by atoms with E-state index in [4.69, 9.17) is 31.1 Å². The zero-order valence-electron chi connectivity index (χ0n) is 11.5. The van der Waals surface area contributed by atoms with Gasteiger partial charge in [0.2, 0.25) is 0 Å². The van der Waals surface area contributed by atoms with Crippen LogP contribution in [0.15, 0.2) is 42.5 Å². The van der Waals surface area contributed by atoms with E-state index in [-0.39, 0.29) is 0 Å². The van der Waals surface area contributed by atoms with E-state index in [9.17, 15) is 0 Å². The second kappa shape index (κ2) is 7.41. The van der Waals surface area contributed by atoms with Crippen LogP contribution in [0.25, 0.3) is 0 Å². The third-order valence-corrected chi connectivity index (χ3v) is 2.98. The van der Waals surface area contributed by atoms with Crippen LogP contribution in [0.1, 0.15) is 5.56 Å². The van der Waals surface area contributed by atoms with Gasteiger partial charge in [0.1, 0.15) is 25.0 Å². The SMILES string of the molecule is COc1cccc(C#N)c1OCCOc1ccc(Cl)cc1. The van der Waals surface area contributed by atoms with Crippen molar-refractivity contribution in [2.75, 3.05) is 20.3 Å². The van der Waals surface area contributed by atoms with Gasteiger partial charge in [0, 0.05) is 5.02 Å². The molecule has 0 saturated carbocycles. The van der Waals surface area contributed by atoms with Gasteiger partial charge >= 0.3 is 0 Å². The average molecular weight is 304 g/mol. The zero-order valence-corrected chi connectivity index (χ0v) is 12.3. The molecular weight excluding hydrogens is 290 g/mol. The Morgan fingerprint density at radius 3 is 2.43 bits per heavy atom. The smallest absolute Gasteiger partial charge is 0.179 e. The van der Waals surface area contributed by atoms with E-state index in [2.05, 4.69) is 6.07 Å². The largest absolute Gasteiger partial charge is 0.493 e. The fourth-order valence-corrected chi connectivity index (χ4v) is 1.87. The summed E-state index contributed by atoms with van der Waals surface area (Å²) >= 11 is 5.80. The topological polar surface area (TPSA) is 51.5 Å². The molecule has 0 aliphatic rings. The molecule has 0 fully saturated rings. The minimum atomic E-state index is 0.303. The van der Waals surface area contributed by atoms with Crippen LogP contribution >= 0.6 is 11.6 Å². The van der Waals surface area contributed by atoms with Crippen LogP contribution in [0, 0.1) is 11.3 Å². The molecule has 0 unspecified atom stereocenters. The predicted molar refractivity (Wildman–Crippen MR) is 80.2 cm³/mol. The first-order valence-corrected chi connectivity index (χ1v) is 6.70. The van der Waals surface area contributed by atoms with E-state index in [1.54, 1.807) is 42.5 Å². The lowest BCUT2D eigenvalue weighted by Gasteiger charge is -2.12. The molecule has 0 aliphatic heterocycles. The first-order valence-electron chi connectivity index (χ1n) is 6.33. The van der Waals surface area contributed by atoms with Crippen molar-refractivity contribution in [1.29, 1.82) is 5.26 Å². The summed E-state index contributed by atoms with van der Waals surface area (Å²) in [7, 11) is 1.54. The number of halogens is 1. The Labute approximate surface area is 128 Å². The number of rotatable bonds is 6. The fourth-order valence-electron chi connectivity index (χ4n) is 1.75. The number of nitriles is 1. The minimum Gasteiger partial charge on any atom is -0.493 e. The van der Waals surface area contributed by atoms with E-state index in [1.165, 1.54) is 7.11 Å². The summed E-state index contributed by atoms with van der Waals surface area (Å²) in [5, 5.41) is 9.73. The van der Waals surface area contributed by atoms with Crippen LogP contribution in [0.5, 0.6) is 17.2 Å². The Balaban J connectivity index is 1.92. The van der Waals surface area contributed by atoms with Crippen LogP contribution in [-0.2, 0) is 0 Å². The highest BCUT2D eigenvalue weighted by Gasteiger charge is 2.10. The van der Waals surface area contributed by atoms with Gasteiger partial charge in [-0.1, -0.05) is 17.7 Å². The Bertz CT molecular complexity index is 635. The van der Waals surface area contributed by atoms with Gasteiger partial charge in [-0.3, -0.25) is 0 Å². The summed E-state index contributed by atoms with van der Waals surface area (Å²) in [6.07, 6.45) is 0. The van der Waals surface area contributed by atoms with Crippen LogP contribution in [-0.4, -0.2) is 20.3 Å². The highest BCUT2D eigenvalue weighted by atomic mass is 35.5. The van der Waals surface area contributed by atoms with Crippen molar-refractivity contribution in [3.8, 4) is 23.3 Å². The lowest BCUT2D eigenvalue weighted by Crippen LogP contribution is -2.10. The summed E-state index contributed by atoms with van der Waals surface area (Å²) in [6, 6.07) is 14.3.